The van der Waals surface area contributed by atoms with Crippen LogP contribution in [0.3, 0.4) is 0 Å². The molecule has 0 unspecified atom stereocenters. The molecule has 2 nitrogen and oxygen atoms in total. The van der Waals surface area contributed by atoms with Gasteiger partial charge >= 0.3 is 0 Å². The van der Waals surface area contributed by atoms with Crippen LogP contribution in [0.15, 0.2) is 29.2 Å². The van der Waals surface area contributed by atoms with E-state index < -0.39 is 0 Å². The Kier molecular flexibility index (Phi) is 5.08. The van der Waals surface area contributed by atoms with Crippen LogP contribution in [-0.4, -0.2) is 34.1 Å². The highest BCUT2D eigenvalue weighted by molar-refractivity contribution is 7.99. The monoisotopic (exact) mass is 210 g/mol. The van der Waals surface area contributed by atoms with Crippen LogP contribution in [0.25, 0.3) is 0 Å². The lowest BCUT2D eigenvalue weighted by Crippen LogP contribution is -2.15. The van der Waals surface area contributed by atoms with Gasteiger partial charge in [-0.2, -0.15) is 0 Å². The van der Waals surface area contributed by atoms with Gasteiger partial charge in [-0.05, 0) is 12.1 Å². The van der Waals surface area contributed by atoms with Gasteiger partial charge in [0.1, 0.15) is 7.85 Å². The lowest BCUT2D eigenvalue weighted by atomic mass is 9.97. The van der Waals surface area contributed by atoms with Crippen molar-refractivity contribution in [1.29, 1.82) is 0 Å². The summed E-state index contributed by atoms with van der Waals surface area (Å²) in [7, 11) is 5.40. The summed E-state index contributed by atoms with van der Waals surface area (Å²) in [6.45, 7) is 0. The molecule has 0 N–H and O–H groups in total. The lowest BCUT2D eigenvalue weighted by molar-refractivity contribution is -0.0842. The Morgan fingerprint density at radius 1 is 1.21 bits per heavy atom. The van der Waals surface area contributed by atoms with Gasteiger partial charge in [0.15, 0.2) is 6.29 Å². The van der Waals surface area contributed by atoms with Gasteiger partial charge in [0, 0.05) is 24.9 Å². The predicted octanol–water partition coefficient (Wildman–Crippen LogP) is 0.656. The summed E-state index contributed by atoms with van der Waals surface area (Å²) in [5.41, 5.74) is 1.28. The van der Waals surface area contributed by atoms with Crippen LogP contribution in [-0.2, 0) is 9.47 Å². The van der Waals surface area contributed by atoms with Crippen molar-refractivity contribution in [2.45, 2.75) is 11.2 Å². The standard InChI is InChI=1S/C10H15BO2S/c1-12-10(13-2)7-14-9-5-3-8(11)4-6-9/h3-6,10H,7,11H2,1-2H3. The van der Waals surface area contributed by atoms with E-state index in [9.17, 15) is 0 Å². The molecule has 0 amide bonds. The minimum absolute atomic E-state index is 0.124. The fourth-order valence-corrected chi connectivity index (χ4v) is 1.96. The maximum Gasteiger partial charge on any atom is 0.166 e. The molecule has 0 saturated heterocycles. The Balaban J connectivity index is 2.41. The average molecular weight is 210 g/mol. The van der Waals surface area contributed by atoms with Crippen LogP contribution in [0.5, 0.6) is 0 Å². The number of hydrogen-bond acceptors (Lipinski definition) is 3. The minimum atomic E-state index is -0.124. The average Bonchev–Trinajstić information content (AvgIpc) is 2.22. The molecule has 1 aromatic rings. The molecule has 0 fully saturated rings. The Labute approximate surface area is 90.4 Å². The van der Waals surface area contributed by atoms with Crippen molar-refractivity contribution < 1.29 is 9.47 Å². The molecule has 0 aliphatic heterocycles. The second-order valence-corrected chi connectivity index (χ2v) is 4.12. The molecule has 0 spiro atoms. The van der Waals surface area contributed by atoms with Crippen LogP contribution in [0.1, 0.15) is 0 Å². The van der Waals surface area contributed by atoms with E-state index in [1.165, 1.54) is 10.4 Å². The molecule has 4 heteroatoms. The first-order chi connectivity index (χ1) is 6.76. The van der Waals surface area contributed by atoms with Crippen LogP contribution in [0, 0.1) is 0 Å². The van der Waals surface area contributed by atoms with Crippen LogP contribution in [0.2, 0.25) is 0 Å². The molecule has 1 aromatic carbocycles. The molecular formula is C10H15BO2S. The quantitative estimate of drug-likeness (QED) is 0.404. The van der Waals surface area contributed by atoms with Crippen molar-refractivity contribution in [3.63, 3.8) is 0 Å². The van der Waals surface area contributed by atoms with Gasteiger partial charge in [0.05, 0.1) is 0 Å². The first-order valence-electron chi connectivity index (χ1n) is 4.51. The van der Waals surface area contributed by atoms with E-state index in [1.807, 2.05) is 0 Å². The summed E-state index contributed by atoms with van der Waals surface area (Å²) in [6, 6.07) is 8.44. The first kappa shape index (κ1) is 11.6. The van der Waals surface area contributed by atoms with Gasteiger partial charge in [-0.15, -0.1) is 11.8 Å². The molecule has 1 rings (SSSR count). The van der Waals surface area contributed by atoms with E-state index in [0.717, 1.165) is 5.75 Å². The highest BCUT2D eigenvalue weighted by Crippen LogP contribution is 2.18. The maximum atomic E-state index is 5.10. The Bertz CT molecular complexity index is 259. The fourth-order valence-electron chi connectivity index (χ4n) is 1.03. The molecule has 0 aliphatic rings. The van der Waals surface area contributed by atoms with Gasteiger partial charge < -0.3 is 9.47 Å². The molecule has 76 valence electrons. The van der Waals surface area contributed by atoms with Crippen molar-refractivity contribution in [2.75, 3.05) is 20.0 Å². The summed E-state index contributed by atoms with van der Waals surface area (Å²) in [4.78, 5) is 1.25. The Hall–Kier alpha value is -0.445. The molecule has 0 bridgehead atoms. The molecular weight excluding hydrogens is 195 g/mol. The van der Waals surface area contributed by atoms with Crippen LogP contribution < -0.4 is 5.46 Å². The summed E-state index contributed by atoms with van der Waals surface area (Å²) >= 11 is 1.74. The lowest BCUT2D eigenvalue weighted by Gasteiger charge is -2.12. The smallest absolute Gasteiger partial charge is 0.166 e. The van der Waals surface area contributed by atoms with E-state index in [1.54, 1.807) is 26.0 Å². The number of rotatable bonds is 5. The molecule has 0 heterocycles. The molecule has 0 atom stereocenters. The van der Waals surface area contributed by atoms with Crippen molar-refractivity contribution in [3.05, 3.63) is 24.3 Å². The molecule has 0 saturated carbocycles. The van der Waals surface area contributed by atoms with Crippen molar-refractivity contribution >= 4 is 25.1 Å². The summed E-state index contributed by atoms with van der Waals surface area (Å²) in [6.07, 6.45) is -0.124. The summed E-state index contributed by atoms with van der Waals surface area (Å²) in [5.74, 6) is 0.816. The van der Waals surface area contributed by atoms with Crippen molar-refractivity contribution in [1.82, 2.24) is 0 Å². The fraction of sp³-hybridized carbons (Fsp3) is 0.400. The van der Waals surface area contributed by atoms with Gasteiger partial charge in [0.2, 0.25) is 0 Å². The van der Waals surface area contributed by atoms with Crippen LogP contribution in [0.4, 0.5) is 0 Å². The SMILES string of the molecule is Bc1ccc(SCC(OC)OC)cc1. The highest BCUT2D eigenvalue weighted by Gasteiger charge is 2.05. The van der Waals surface area contributed by atoms with Crippen molar-refractivity contribution in [2.24, 2.45) is 0 Å². The molecule has 0 radical (unpaired) electrons. The van der Waals surface area contributed by atoms with E-state index in [-0.39, 0.29) is 6.29 Å². The Morgan fingerprint density at radius 2 is 1.79 bits per heavy atom. The number of benzene rings is 1. The summed E-state index contributed by atoms with van der Waals surface area (Å²) < 4.78 is 10.2. The largest absolute Gasteiger partial charge is 0.355 e. The van der Waals surface area contributed by atoms with Crippen LogP contribution >= 0.6 is 11.8 Å². The Morgan fingerprint density at radius 3 is 2.29 bits per heavy atom. The van der Waals surface area contributed by atoms with Crippen molar-refractivity contribution in [3.8, 4) is 0 Å². The third kappa shape index (κ3) is 3.74. The predicted molar refractivity (Wildman–Crippen MR) is 63.2 cm³/mol. The maximum absolute atomic E-state index is 5.10. The third-order valence-electron chi connectivity index (χ3n) is 1.93. The second-order valence-electron chi connectivity index (χ2n) is 3.03. The van der Waals surface area contributed by atoms with Gasteiger partial charge in [-0.3, -0.25) is 0 Å². The zero-order valence-electron chi connectivity index (χ0n) is 8.82. The number of methoxy groups -OCH3 is 2. The number of ether oxygens (including phenoxy) is 2. The van der Waals surface area contributed by atoms with E-state index in [2.05, 4.69) is 32.1 Å². The summed E-state index contributed by atoms with van der Waals surface area (Å²) in [5, 5.41) is 0. The zero-order valence-corrected chi connectivity index (χ0v) is 9.64. The first-order valence-corrected chi connectivity index (χ1v) is 5.50. The van der Waals surface area contributed by atoms with Gasteiger partial charge in [-0.1, -0.05) is 17.6 Å². The number of hydrogen-bond donors (Lipinski definition) is 0. The number of thioether (sulfide) groups is 1. The van der Waals surface area contributed by atoms with Gasteiger partial charge in [-0.25, -0.2) is 0 Å². The minimum Gasteiger partial charge on any atom is -0.355 e. The normalized spacial score (nSPS) is 10.8. The zero-order chi connectivity index (χ0) is 10.4. The third-order valence-corrected chi connectivity index (χ3v) is 2.98. The van der Waals surface area contributed by atoms with E-state index in [4.69, 9.17) is 9.47 Å². The van der Waals surface area contributed by atoms with E-state index in [0.29, 0.717) is 0 Å². The second kappa shape index (κ2) is 6.12. The van der Waals surface area contributed by atoms with E-state index >= 15 is 0 Å². The molecule has 0 aliphatic carbocycles. The highest BCUT2D eigenvalue weighted by atomic mass is 32.2. The van der Waals surface area contributed by atoms with Gasteiger partial charge in [0.25, 0.3) is 0 Å². The molecule has 0 aromatic heterocycles. The molecule has 14 heavy (non-hydrogen) atoms. The topological polar surface area (TPSA) is 18.5 Å².